The van der Waals surface area contributed by atoms with Crippen LogP contribution in [-0.2, 0) is 12.7 Å². The van der Waals surface area contributed by atoms with Crippen molar-refractivity contribution in [2.24, 2.45) is 0 Å². The Labute approximate surface area is 180 Å². The molecular formula is C22H15ClF3N3O2. The quantitative estimate of drug-likeness (QED) is 0.386. The maximum Gasteiger partial charge on any atom is 0.417 e. The van der Waals surface area contributed by atoms with Crippen LogP contribution in [0.2, 0.25) is 5.02 Å². The van der Waals surface area contributed by atoms with Gasteiger partial charge in [0.25, 0.3) is 0 Å². The summed E-state index contributed by atoms with van der Waals surface area (Å²) < 4.78 is 47.2. The third-order valence-corrected chi connectivity index (χ3v) is 5.07. The first-order valence-corrected chi connectivity index (χ1v) is 9.52. The highest BCUT2D eigenvalue weighted by Gasteiger charge is 2.37. The molecule has 0 bridgehead atoms. The minimum absolute atomic E-state index is 0.143. The highest BCUT2D eigenvalue weighted by molar-refractivity contribution is 6.35. The summed E-state index contributed by atoms with van der Waals surface area (Å²) in [7, 11) is 1.56. The number of carbonyl (C=O) groups excluding carboxylic acids is 1. The van der Waals surface area contributed by atoms with Crippen LogP contribution in [0.1, 0.15) is 27.2 Å². The molecule has 0 N–H and O–H groups in total. The van der Waals surface area contributed by atoms with Gasteiger partial charge in [0.1, 0.15) is 11.4 Å². The number of benzene rings is 2. The molecule has 0 atom stereocenters. The van der Waals surface area contributed by atoms with Crippen LogP contribution in [0.5, 0.6) is 5.75 Å². The van der Waals surface area contributed by atoms with Crippen LogP contribution in [0.3, 0.4) is 0 Å². The van der Waals surface area contributed by atoms with Crippen LogP contribution in [0, 0.1) is 0 Å². The summed E-state index contributed by atoms with van der Waals surface area (Å²) >= 11 is 6.01. The van der Waals surface area contributed by atoms with Crippen LogP contribution < -0.4 is 4.74 Å². The zero-order valence-corrected chi connectivity index (χ0v) is 16.9. The highest BCUT2D eigenvalue weighted by atomic mass is 35.5. The first-order valence-electron chi connectivity index (χ1n) is 9.14. The second kappa shape index (κ2) is 8.03. The molecule has 158 valence electrons. The molecule has 0 radical (unpaired) electrons. The Morgan fingerprint density at radius 3 is 2.52 bits per heavy atom. The number of hydrogen-bond donors (Lipinski definition) is 0. The molecule has 0 saturated carbocycles. The van der Waals surface area contributed by atoms with Gasteiger partial charge in [-0.1, -0.05) is 29.8 Å². The average molecular weight is 446 g/mol. The SMILES string of the molecule is COc1ccc(Cn2nc(C(=O)c3c(Cl)cccc3C(F)(F)F)c3cccnc32)cc1. The molecule has 2 aromatic carbocycles. The van der Waals surface area contributed by atoms with Crippen LogP contribution >= 0.6 is 11.6 Å². The predicted octanol–water partition coefficient (Wildman–Crippen LogP) is 5.39. The van der Waals surface area contributed by atoms with Crippen molar-refractivity contribution in [3.05, 3.63) is 88.2 Å². The number of pyridine rings is 1. The van der Waals surface area contributed by atoms with Crippen LogP contribution in [0.4, 0.5) is 13.2 Å². The topological polar surface area (TPSA) is 57.0 Å². The van der Waals surface area contributed by atoms with Gasteiger partial charge in [-0.15, -0.1) is 0 Å². The largest absolute Gasteiger partial charge is 0.497 e. The number of hydrogen-bond acceptors (Lipinski definition) is 4. The third kappa shape index (κ3) is 3.98. The van der Waals surface area contributed by atoms with E-state index in [0.717, 1.165) is 17.7 Å². The van der Waals surface area contributed by atoms with E-state index in [4.69, 9.17) is 16.3 Å². The van der Waals surface area contributed by atoms with Gasteiger partial charge in [0, 0.05) is 6.20 Å². The van der Waals surface area contributed by atoms with Crippen molar-refractivity contribution >= 4 is 28.4 Å². The molecule has 2 heterocycles. The number of nitrogens with zero attached hydrogens (tertiary/aromatic N) is 3. The van der Waals surface area contributed by atoms with Gasteiger partial charge in [-0.2, -0.15) is 18.3 Å². The smallest absolute Gasteiger partial charge is 0.417 e. The van der Waals surface area contributed by atoms with Crippen LogP contribution in [0.25, 0.3) is 11.0 Å². The van der Waals surface area contributed by atoms with Gasteiger partial charge < -0.3 is 4.74 Å². The molecule has 4 aromatic rings. The van der Waals surface area contributed by atoms with Gasteiger partial charge in [-0.3, -0.25) is 4.79 Å². The molecule has 5 nitrogen and oxygen atoms in total. The fourth-order valence-corrected chi connectivity index (χ4v) is 3.56. The average Bonchev–Trinajstić information content (AvgIpc) is 3.11. The summed E-state index contributed by atoms with van der Waals surface area (Å²) in [5, 5.41) is 4.37. The van der Waals surface area contributed by atoms with E-state index in [0.29, 0.717) is 16.8 Å². The summed E-state index contributed by atoms with van der Waals surface area (Å²) in [4.78, 5) is 17.5. The van der Waals surface area contributed by atoms with E-state index in [2.05, 4.69) is 10.1 Å². The summed E-state index contributed by atoms with van der Waals surface area (Å²) in [5.41, 5.74) is -0.649. The molecule has 0 unspecified atom stereocenters. The predicted molar refractivity (Wildman–Crippen MR) is 110 cm³/mol. The van der Waals surface area contributed by atoms with Crippen molar-refractivity contribution in [3.8, 4) is 5.75 Å². The number of carbonyl (C=O) groups is 1. The van der Waals surface area contributed by atoms with Crippen LogP contribution in [0.15, 0.2) is 60.8 Å². The Morgan fingerprint density at radius 1 is 1.10 bits per heavy atom. The van der Waals surface area contributed by atoms with Gasteiger partial charge in [-0.25, -0.2) is 9.67 Å². The van der Waals surface area contributed by atoms with Gasteiger partial charge in [0.2, 0.25) is 5.78 Å². The minimum atomic E-state index is -4.74. The molecule has 0 aliphatic heterocycles. The second-order valence-corrected chi connectivity index (χ2v) is 7.13. The molecule has 2 aromatic heterocycles. The zero-order chi connectivity index (χ0) is 22.2. The highest BCUT2D eigenvalue weighted by Crippen LogP contribution is 2.36. The van der Waals surface area contributed by atoms with E-state index in [1.165, 1.54) is 16.9 Å². The number of halogens is 4. The van der Waals surface area contributed by atoms with Crippen molar-refractivity contribution in [3.63, 3.8) is 0 Å². The molecule has 0 aliphatic carbocycles. The lowest BCUT2D eigenvalue weighted by Gasteiger charge is -2.12. The van der Waals surface area contributed by atoms with Crippen molar-refractivity contribution in [1.29, 1.82) is 0 Å². The molecule has 9 heteroatoms. The Balaban J connectivity index is 1.82. The van der Waals surface area contributed by atoms with Gasteiger partial charge >= 0.3 is 6.18 Å². The molecular weight excluding hydrogens is 431 g/mol. The molecule has 0 amide bonds. The first-order chi connectivity index (χ1) is 14.8. The molecule has 0 spiro atoms. The Bertz CT molecular complexity index is 1270. The van der Waals surface area contributed by atoms with E-state index in [9.17, 15) is 18.0 Å². The van der Waals surface area contributed by atoms with E-state index < -0.39 is 23.1 Å². The number of methoxy groups -OCH3 is 1. The summed E-state index contributed by atoms with van der Waals surface area (Å²) in [6, 6.07) is 13.6. The number of aromatic nitrogens is 3. The number of rotatable bonds is 5. The lowest BCUT2D eigenvalue weighted by Crippen LogP contribution is -2.15. The second-order valence-electron chi connectivity index (χ2n) is 6.72. The molecule has 31 heavy (non-hydrogen) atoms. The van der Waals surface area contributed by atoms with Gasteiger partial charge in [0.15, 0.2) is 5.65 Å². The number of ketones is 1. The number of ether oxygens (including phenoxy) is 1. The minimum Gasteiger partial charge on any atom is -0.497 e. The van der Waals surface area contributed by atoms with E-state index in [-0.39, 0.29) is 17.3 Å². The van der Waals surface area contributed by atoms with Crippen LogP contribution in [-0.4, -0.2) is 27.7 Å². The standard InChI is InChI=1S/C22H15ClF3N3O2/c1-31-14-9-7-13(8-10-14)12-29-21-15(4-3-11-27-21)19(28-29)20(30)18-16(22(24,25)26)5-2-6-17(18)23/h2-11H,12H2,1H3. The van der Waals surface area contributed by atoms with Gasteiger partial charge in [0.05, 0.1) is 35.2 Å². The molecule has 0 fully saturated rings. The molecule has 0 aliphatic rings. The molecule has 0 saturated heterocycles. The number of alkyl halides is 3. The fraction of sp³-hybridized carbons (Fsp3) is 0.136. The van der Waals surface area contributed by atoms with Crippen molar-refractivity contribution in [1.82, 2.24) is 14.8 Å². The van der Waals surface area contributed by atoms with E-state index in [1.54, 1.807) is 31.4 Å². The maximum atomic E-state index is 13.5. The van der Waals surface area contributed by atoms with E-state index in [1.807, 2.05) is 12.1 Å². The van der Waals surface area contributed by atoms with Crippen molar-refractivity contribution in [2.45, 2.75) is 12.7 Å². The Hall–Kier alpha value is -3.39. The Kier molecular flexibility index (Phi) is 5.41. The summed E-state index contributed by atoms with van der Waals surface area (Å²) in [6.45, 7) is 0.263. The van der Waals surface area contributed by atoms with Crippen molar-refractivity contribution < 1.29 is 22.7 Å². The zero-order valence-electron chi connectivity index (χ0n) is 16.2. The monoisotopic (exact) mass is 445 g/mol. The lowest BCUT2D eigenvalue weighted by atomic mass is 10.00. The van der Waals surface area contributed by atoms with E-state index >= 15 is 0 Å². The summed E-state index contributed by atoms with van der Waals surface area (Å²) in [5.74, 6) is -0.231. The third-order valence-electron chi connectivity index (χ3n) is 4.76. The lowest BCUT2D eigenvalue weighted by molar-refractivity contribution is -0.137. The number of fused-ring (bicyclic) bond motifs is 1. The Morgan fingerprint density at radius 2 is 1.84 bits per heavy atom. The fourth-order valence-electron chi connectivity index (χ4n) is 3.30. The first kappa shape index (κ1) is 20.9. The van der Waals surface area contributed by atoms with Crippen molar-refractivity contribution in [2.75, 3.05) is 7.11 Å². The molecule has 4 rings (SSSR count). The van der Waals surface area contributed by atoms with Gasteiger partial charge in [-0.05, 0) is 42.0 Å². The maximum absolute atomic E-state index is 13.5. The summed E-state index contributed by atoms with van der Waals surface area (Å²) in [6.07, 6.45) is -3.21. The normalized spacial score (nSPS) is 11.6.